The van der Waals surface area contributed by atoms with Crippen molar-refractivity contribution in [3.8, 4) is 11.8 Å². The number of hydrogen-bond donors (Lipinski definition) is 0. The Morgan fingerprint density at radius 1 is 1.06 bits per heavy atom. The van der Waals surface area contributed by atoms with E-state index < -0.39 is 12.1 Å². The molecule has 1 saturated heterocycles. The van der Waals surface area contributed by atoms with Gasteiger partial charge in [-0.25, -0.2) is 0 Å². The molecule has 0 bridgehead atoms. The lowest BCUT2D eigenvalue weighted by Gasteiger charge is -2.48. The van der Waals surface area contributed by atoms with Gasteiger partial charge in [0.25, 0.3) is 0 Å². The summed E-state index contributed by atoms with van der Waals surface area (Å²) in [4.78, 5) is 30.2. The summed E-state index contributed by atoms with van der Waals surface area (Å²) < 4.78 is 5.96. The van der Waals surface area contributed by atoms with Gasteiger partial charge in [0.15, 0.2) is 0 Å². The van der Waals surface area contributed by atoms with Gasteiger partial charge in [0.1, 0.15) is 24.4 Å². The lowest BCUT2D eigenvalue weighted by molar-refractivity contribution is -0.165. The summed E-state index contributed by atoms with van der Waals surface area (Å²) in [6, 6.07) is 14.8. The van der Waals surface area contributed by atoms with Crippen LogP contribution >= 0.6 is 0 Å². The van der Waals surface area contributed by atoms with E-state index in [1.807, 2.05) is 48.2 Å². The topological polar surface area (TPSA) is 73.6 Å². The minimum atomic E-state index is -0.396. The number of benzene rings is 2. The highest BCUT2D eigenvalue weighted by Crippen LogP contribution is 2.35. The van der Waals surface area contributed by atoms with Crippen LogP contribution in [0.15, 0.2) is 42.5 Å². The van der Waals surface area contributed by atoms with E-state index in [1.165, 1.54) is 0 Å². The summed E-state index contributed by atoms with van der Waals surface area (Å²) in [6.07, 6.45) is 4.84. The molecule has 0 N–H and O–H groups in total. The SMILES string of the molecule is C[C@H]1C(=O)N2Cc3cc(OCc4cccc(C#N)c4)ccc3C[C@@H]2C(=O)N1C1CCCC1. The molecule has 1 aliphatic carbocycles. The smallest absolute Gasteiger partial charge is 0.246 e. The summed E-state index contributed by atoms with van der Waals surface area (Å²) in [5.41, 5.74) is 3.68. The van der Waals surface area contributed by atoms with Crippen LogP contribution in [0.1, 0.15) is 54.9 Å². The van der Waals surface area contributed by atoms with Crippen LogP contribution in [0.5, 0.6) is 5.75 Å². The molecule has 2 heterocycles. The van der Waals surface area contributed by atoms with E-state index in [-0.39, 0.29) is 17.9 Å². The zero-order valence-corrected chi connectivity index (χ0v) is 18.3. The van der Waals surface area contributed by atoms with Crippen LogP contribution in [0.3, 0.4) is 0 Å². The maximum Gasteiger partial charge on any atom is 0.246 e. The van der Waals surface area contributed by atoms with Gasteiger partial charge in [0, 0.05) is 19.0 Å². The summed E-state index contributed by atoms with van der Waals surface area (Å²) in [7, 11) is 0. The normalized spacial score (nSPS) is 23.0. The maximum atomic E-state index is 13.4. The van der Waals surface area contributed by atoms with Crippen LogP contribution in [0.2, 0.25) is 0 Å². The zero-order chi connectivity index (χ0) is 22.2. The predicted octanol–water partition coefficient (Wildman–Crippen LogP) is 3.56. The Kier molecular flexibility index (Phi) is 5.34. The standard InChI is InChI=1S/C26H27N3O3/c1-17-25(30)28-15-21-12-23(32-16-19-6-4-5-18(11-19)14-27)10-9-20(21)13-24(28)26(31)29(17)22-7-2-3-8-22/h4-6,9-12,17,22,24H,2-3,7-8,13,15-16H2,1H3/t17-,24+/m0/s1. The number of piperazine rings is 1. The zero-order valence-electron chi connectivity index (χ0n) is 18.3. The molecule has 5 rings (SSSR count). The van der Waals surface area contributed by atoms with Gasteiger partial charge in [-0.2, -0.15) is 5.26 Å². The summed E-state index contributed by atoms with van der Waals surface area (Å²) in [5, 5.41) is 9.06. The van der Waals surface area contributed by atoms with E-state index in [1.54, 1.807) is 11.0 Å². The minimum Gasteiger partial charge on any atom is -0.489 e. The molecule has 2 aromatic rings. The van der Waals surface area contributed by atoms with Gasteiger partial charge in [-0.15, -0.1) is 0 Å². The number of amides is 2. The number of hydrogen-bond acceptors (Lipinski definition) is 4. The van der Waals surface area contributed by atoms with Crippen molar-refractivity contribution >= 4 is 11.8 Å². The first-order valence-corrected chi connectivity index (χ1v) is 11.4. The summed E-state index contributed by atoms with van der Waals surface area (Å²) in [6.45, 7) is 2.68. The summed E-state index contributed by atoms with van der Waals surface area (Å²) in [5.74, 6) is 0.875. The highest BCUT2D eigenvalue weighted by molar-refractivity contribution is 5.97. The van der Waals surface area contributed by atoms with Crippen molar-refractivity contribution in [2.24, 2.45) is 0 Å². The Morgan fingerprint density at radius 3 is 2.66 bits per heavy atom. The average molecular weight is 430 g/mol. The predicted molar refractivity (Wildman–Crippen MR) is 119 cm³/mol. The molecule has 2 atom stereocenters. The molecule has 2 aromatic carbocycles. The third-order valence-electron chi connectivity index (χ3n) is 7.08. The quantitative estimate of drug-likeness (QED) is 0.745. The van der Waals surface area contributed by atoms with Crippen LogP contribution in [0.25, 0.3) is 0 Å². The molecule has 32 heavy (non-hydrogen) atoms. The van der Waals surface area contributed by atoms with Crippen LogP contribution in [-0.4, -0.2) is 39.7 Å². The van der Waals surface area contributed by atoms with E-state index in [0.29, 0.717) is 25.1 Å². The first kappa shape index (κ1) is 20.6. The van der Waals surface area contributed by atoms with Crippen molar-refractivity contribution < 1.29 is 14.3 Å². The molecule has 0 radical (unpaired) electrons. The van der Waals surface area contributed by atoms with E-state index in [4.69, 9.17) is 10.00 Å². The van der Waals surface area contributed by atoms with Gasteiger partial charge >= 0.3 is 0 Å². The second kappa shape index (κ2) is 8.31. The van der Waals surface area contributed by atoms with Crippen molar-refractivity contribution in [1.29, 1.82) is 5.26 Å². The molecule has 0 spiro atoms. The Labute approximate surface area is 188 Å². The second-order valence-electron chi connectivity index (χ2n) is 9.08. The Bertz CT molecular complexity index is 1100. The van der Waals surface area contributed by atoms with E-state index >= 15 is 0 Å². The Balaban J connectivity index is 1.33. The number of carbonyl (C=O) groups is 2. The number of carbonyl (C=O) groups excluding carboxylic acids is 2. The fourth-order valence-electron chi connectivity index (χ4n) is 5.40. The van der Waals surface area contributed by atoms with E-state index in [9.17, 15) is 9.59 Å². The minimum absolute atomic E-state index is 0.0480. The van der Waals surface area contributed by atoms with Crippen LogP contribution in [-0.2, 0) is 29.2 Å². The average Bonchev–Trinajstić information content (AvgIpc) is 3.35. The van der Waals surface area contributed by atoms with E-state index in [2.05, 4.69) is 6.07 Å². The lowest BCUT2D eigenvalue weighted by Crippen LogP contribution is -2.66. The van der Waals surface area contributed by atoms with Gasteiger partial charge in [-0.05, 0) is 60.7 Å². The molecule has 6 heteroatoms. The molecular formula is C26H27N3O3. The highest BCUT2D eigenvalue weighted by Gasteiger charge is 2.48. The lowest BCUT2D eigenvalue weighted by atomic mass is 9.89. The van der Waals surface area contributed by atoms with E-state index in [0.717, 1.165) is 48.1 Å². The van der Waals surface area contributed by atoms with Crippen molar-refractivity contribution in [2.45, 2.75) is 70.3 Å². The van der Waals surface area contributed by atoms with Crippen molar-refractivity contribution in [3.63, 3.8) is 0 Å². The molecule has 6 nitrogen and oxygen atoms in total. The van der Waals surface area contributed by atoms with Gasteiger partial charge in [0.2, 0.25) is 11.8 Å². The largest absolute Gasteiger partial charge is 0.489 e. The van der Waals surface area contributed by atoms with Gasteiger partial charge in [-0.1, -0.05) is 31.0 Å². The Morgan fingerprint density at radius 2 is 1.88 bits per heavy atom. The van der Waals surface area contributed by atoms with Crippen molar-refractivity contribution in [2.75, 3.05) is 0 Å². The molecule has 1 saturated carbocycles. The second-order valence-corrected chi connectivity index (χ2v) is 9.08. The third-order valence-corrected chi connectivity index (χ3v) is 7.08. The fraction of sp³-hybridized carbons (Fsp3) is 0.423. The van der Waals surface area contributed by atoms with Gasteiger partial charge in [-0.3, -0.25) is 9.59 Å². The first-order chi connectivity index (χ1) is 15.5. The highest BCUT2D eigenvalue weighted by atomic mass is 16.5. The molecule has 0 aromatic heterocycles. The molecule has 2 aliphatic heterocycles. The molecule has 164 valence electrons. The summed E-state index contributed by atoms with van der Waals surface area (Å²) >= 11 is 0. The fourth-order valence-corrected chi connectivity index (χ4v) is 5.40. The molecule has 3 aliphatic rings. The molecule has 2 amide bonds. The van der Waals surface area contributed by atoms with Crippen LogP contribution in [0.4, 0.5) is 0 Å². The number of fused-ring (bicyclic) bond motifs is 2. The van der Waals surface area contributed by atoms with Gasteiger partial charge < -0.3 is 14.5 Å². The van der Waals surface area contributed by atoms with Crippen molar-refractivity contribution in [1.82, 2.24) is 9.80 Å². The first-order valence-electron chi connectivity index (χ1n) is 11.4. The molecule has 2 fully saturated rings. The van der Waals surface area contributed by atoms with Gasteiger partial charge in [0.05, 0.1) is 11.6 Å². The Hall–Kier alpha value is -3.33. The molecular weight excluding hydrogens is 402 g/mol. The number of ether oxygens (including phenoxy) is 1. The third kappa shape index (κ3) is 3.62. The number of rotatable bonds is 4. The monoisotopic (exact) mass is 429 g/mol. The number of nitriles is 1. The maximum absolute atomic E-state index is 13.4. The molecule has 0 unspecified atom stereocenters. The number of nitrogens with zero attached hydrogens (tertiary/aromatic N) is 3. The van der Waals surface area contributed by atoms with Crippen LogP contribution < -0.4 is 4.74 Å². The van der Waals surface area contributed by atoms with Crippen LogP contribution in [0, 0.1) is 11.3 Å². The van der Waals surface area contributed by atoms with Crippen molar-refractivity contribution in [3.05, 3.63) is 64.7 Å².